The molecule has 2 saturated heterocycles. The highest BCUT2D eigenvalue weighted by molar-refractivity contribution is 7.99. The molecule has 15 heavy (non-hydrogen) atoms. The Hall–Kier alpha value is -0.260. The lowest BCUT2D eigenvalue weighted by Crippen LogP contribution is -2.53. The van der Waals surface area contributed by atoms with Gasteiger partial charge in [0.25, 0.3) is 0 Å². The van der Waals surface area contributed by atoms with E-state index in [2.05, 4.69) is 4.90 Å². The molecule has 1 atom stereocenters. The molecule has 0 saturated carbocycles. The molecular weight excluding hydrogens is 214 g/mol. The Balaban J connectivity index is 1.99. The molecule has 0 radical (unpaired) electrons. The lowest BCUT2D eigenvalue weighted by atomic mass is 10.0. The summed E-state index contributed by atoms with van der Waals surface area (Å²) < 4.78 is 5.31. The Morgan fingerprint density at radius 1 is 1.40 bits per heavy atom. The minimum Gasteiger partial charge on any atom is -0.480 e. The normalized spacial score (nSPS) is 30.3. The van der Waals surface area contributed by atoms with Crippen LogP contribution in [0.3, 0.4) is 0 Å². The van der Waals surface area contributed by atoms with Gasteiger partial charge in [0.15, 0.2) is 0 Å². The molecule has 5 heteroatoms. The van der Waals surface area contributed by atoms with Gasteiger partial charge >= 0.3 is 5.97 Å². The van der Waals surface area contributed by atoms with Crippen molar-refractivity contribution in [2.75, 3.05) is 31.3 Å². The zero-order chi connectivity index (χ0) is 10.7. The van der Waals surface area contributed by atoms with Crippen LogP contribution in [0.4, 0.5) is 0 Å². The second kappa shape index (κ2) is 5.18. The van der Waals surface area contributed by atoms with Crippen LogP contribution in [0, 0.1) is 0 Å². The lowest BCUT2D eigenvalue weighted by Gasteiger charge is -2.40. The van der Waals surface area contributed by atoms with Crippen LogP contribution < -0.4 is 0 Å². The summed E-state index contributed by atoms with van der Waals surface area (Å²) in [6.45, 7) is 2.47. The topological polar surface area (TPSA) is 49.8 Å². The molecule has 2 rings (SSSR count). The Morgan fingerprint density at radius 3 is 2.80 bits per heavy atom. The van der Waals surface area contributed by atoms with Crippen molar-refractivity contribution in [3.8, 4) is 0 Å². The van der Waals surface area contributed by atoms with Gasteiger partial charge in [0, 0.05) is 37.3 Å². The number of carboxylic acid groups (broad SMARTS) is 1. The number of carboxylic acids is 1. The van der Waals surface area contributed by atoms with Gasteiger partial charge in [-0.15, -0.1) is 0 Å². The first kappa shape index (κ1) is 11.2. The van der Waals surface area contributed by atoms with E-state index in [1.165, 1.54) is 0 Å². The van der Waals surface area contributed by atoms with E-state index in [4.69, 9.17) is 9.84 Å². The van der Waals surface area contributed by atoms with Gasteiger partial charge < -0.3 is 9.84 Å². The predicted octanol–water partition coefficient (Wildman–Crippen LogP) is 0.667. The smallest absolute Gasteiger partial charge is 0.321 e. The van der Waals surface area contributed by atoms with Gasteiger partial charge in [-0.25, -0.2) is 0 Å². The first-order chi connectivity index (χ1) is 7.29. The maximum absolute atomic E-state index is 11.1. The van der Waals surface area contributed by atoms with E-state index in [9.17, 15) is 4.79 Å². The van der Waals surface area contributed by atoms with Gasteiger partial charge in [-0.3, -0.25) is 9.69 Å². The molecule has 0 aromatic rings. The second-order valence-corrected chi connectivity index (χ2v) is 5.16. The van der Waals surface area contributed by atoms with Crippen molar-refractivity contribution in [2.24, 2.45) is 0 Å². The first-order valence-corrected chi connectivity index (χ1v) is 6.58. The fourth-order valence-electron chi connectivity index (χ4n) is 2.28. The zero-order valence-electron chi connectivity index (χ0n) is 8.72. The summed E-state index contributed by atoms with van der Waals surface area (Å²) in [5.41, 5.74) is 0. The third-order valence-electron chi connectivity index (χ3n) is 3.11. The van der Waals surface area contributed by atoms with E-state index in [1.807, 2.05) is 0 Å². The van der Waals surface area contributed by atoms with Gasteiger partial charge in [-0.1, -0.05) is 0 Å². The molecule has 0 aromatic heterocycles. The van der Waals surface area contributed by atoms with Crippen molar-refractivity contribution >= 4 is 17.7 Å². The molecule has 0 aromatic carbocycles. The summed E-state index contributed by atoms with van der Waals surface area (Å²) in [6, 6.07) is 0.132. The number of ether oxygens (including phenoxy) is 1. The van der Waals surface area contributed by atoms with Crippen LogP contribution >= 0.6 is 11.8 Å². The van der Waals surface area contributed by atoms with Gasteiger partial charge in [0.05, 0.1) is 0 Å². The highest BCUT2D eigenvalue weighted by Crippen LogP contribution is 2.23. The highest BCUT2D eigenvalue weighted by Gasteiger charge is 2.34. The quantitative estimate of drug-likeness (QED) is 0.757. The number of aliphatic carboxylic acids is 1. The number of thioether (sulfide) groups is 1. The van der Waals surface area contributed by atoms with Crippen molar-refractivity contribution in [1.82, 2.24) is 4.90 Å². The summed E-state index contributed by atoms with van der Waals surface area (Å²) in [5, 5.41) is 9.15. The summed E-state index contributed by atoms with van der Waals surface area (Å²) in [5.74, 6) is 1.11. The average Bonchev–Trinajstić information content (AvgIpc) is 2.30. The fourth-order valence-corrected chi connectivity index (χ4v) is 3.35. The molecule has 0 amide bonds. The lowest BCUT2D eigenvalue weighted by molar-refractivity contribution is -0.144. The molecule has 2 aliphatic heterocycles. The average molecular weight is 231 g/mol. The first-order valence-electron chi connectivity index (χ1n) is 5.43. The molecule has 0 aliphatic carbocycles. The monoisotopic (exact) mass is 231 g/mol. The van der Waals surface area contributed by atoms with E-state index in [-0.39, 0.29) is 6.04 Å². The Labute approximate surface area is 94.0 Å². The van der Waals surface area contributed by atoms with Crippen LogP contribution in [-0.2, 0) is 9.53 Å². The minimum atomic E-state index is -0.673. The SMILES string of the molecule is O=C(O)C1CSCCN1C1CCOCC1. The van der Waals surface area contributed by atoms with Crippen LogP contribution in [0.5, 0.6) is 0 Å². The third kappa shape index (κ3) is 2.65. The Kier molecular flexibility index (Phi) is 3.88. The fraction of sp³-hybridized carbons (Fsp3) is 0.900. The molecule has 1 unspecified atom stereocenters. The molecule has 1 N–H and O–H groups in total. The molecule has 0 bridgehead atoms. The molecule has 2 heterocycles. The number of hydrogen-bond donors (Lipinski definition) is 1. The van der Waals surface area contributed by atoms with Gasteiger partial charge in [-0.2, -0.15) is 11.8 Å². The van der Waals surface area contributed by atoms with Crippen LogP contribution in [0.1, 0.15) is 12.8 Å². The van der Waals surface area contributed by atoms with Crippen molar-refractivity contribution in [3.63, 3.8) is 0 Å². The van der Waals surface area contributed by atoms with Crippen LogP contribution in [0.25, 0.3) is 0 Å². The molecule has 0 spiro atoms. The summed E-state index contributed by atoms with van der Waals surface area (Å²) in [6.07, 6.45) is 1.96. The van der Waals surface area contributed by atoms with Crippen molar-refractivity contribution in [1.29, 1.82) is 0 Å². The van der Waals surface area contributed by atoms with E-state index in [0.29, 0.717) is 6.04 Å². The van der Waals surface area contributed by atoms with Crippen LogP contribution in [0.15, 0.2) is 0 Å². The van der Waals surface area contributed by atoms with Crippen LogP contribution in [-0.4, -0.2) is 59.3 Å². The standard InChI is InChI=1S/C10H17NO3S/c12-10(13)9-7-15-6-3-11(9)8-1-4-14-5-2-8/h8-9H,1-7H2,(H,12,13). The second-order valence-electron chi connectivity index (χ2n) is 4.01. The molecule has 2 aliphatic rings. The summed E-state index contributed by atoms with van der Waals surface area (Å²) in [4.78, 5) is 13.3. The Morgan fingerprint density at radius 2 is 2.13 bits per heavy atom. The van der Waals surface area contributed by atoms with Crippen molar-refractivity contribution < 1.29 is 14.6 Å². The molecule has 86 valence electrons. The van der Waals surface area contributed by atoms with Crippen LogP contribution in [0.2, 0.25) is 0 Å². The van der Waals surface area contributed by atoms with E-state index < -0.39 is 5.97 Å². The maximum Gasteiger partial charge on any atom is 0.321 e. The van der Waals surface area contributed by atoms with Crippen molar-refractivity contribution in [2.45, 2.75) is 24.9 Å². The van der Waals surface area contributed by atoms with E-state index in [1.54, 1.807) is 11.8 Å². The Bertz CT molecular complexity index is 231. The summed E-state index contributed by atoms with van der Waals surface area (Å²) in [7, 11) is 0. The number of hydrogen-bond acceptors (Lipinski definition) is 4. The van der Waals surface area contributed by atoms with Gasteiger partial charge in [0.1, 0.15) is 6.04 Å². The van der Waals surface area contributed by atoms with Gasteiger partial charge in [0.2, 0.25) is 0 Å². The molecule has 2 fully saturated rings. The number of nitrogens with zero attached hydrogens (tertiary/aromatic N) is 1. The molecule has 4 nitrogen and oxygen atoms in total. The number of carbonyl (C=O) groups is 1. The maximum atomic E-state index is 11.1. The third-order valence-corrected chi connectivity index (χ3v) is 4.14. The predicted molar refractivity (Wildman–Crippen MR) is 59.3 cm³/mol. The number of rotatable bonds is 2. The minimum absolute atomic E-state index is 0.285. The largest absolute Gasteiger partial charge is 0.480 e. The van der Waals surface area contributed by atoms with Crippen molar-refractivity contribution in [3.05, 3.63) is 0 Å². The molecular formula is C10H17NO3S. The highest BCUT2D eigenvalue weighted by atomic mass is 32.2. The zero-order valence-corrected chi connectivity index (χ0v) is 9.54. The van der Waals surface area contributed by atoms with Gasteiger partial charge in [-0.05, 0) is 12.8 Å². The summed E-state index contributed by atoms with van der Waals surface area (Å²) >= 11 is 1.75. The van der Waals surface area contributed by atoms with E-state index >= 15 is 0 Å². The van der Waals surface area contributed by atoms with E-state index in [0.717, 1.165) is 44.1 Å².